The minimum Gasteiger partial charge on any atom is -0.305 e. The maximum Gasteiger partial charge on any atom is 0.0501 e. The van der Waals surface area contributed by atoms with Crippen LogP contribution in [0.4, 0.5) is 0 Å². The Morgan fingerprint density at radius 2 is 2.50 bits per heavy atom. The van der Waals surface area contributed by atoms with Crippen LogP contribution in [0.5, 0.6) is 0 Å². The van der Waals surface area contributed by atoms with Crippen molar-refractivity contribution < 1.29 is 5.21 Å². The van der Waals surface area contributed by atoms with Gasteiger partial charge in [-0.1, -0.05) is 0 Å². The molecule has 2 N–H and O–H groups in total. The van der Waals surface area contributed by atoms with E-state index in [-0.39, 0.29) is 0 Å². The highest BCUT2D eigenvalue weighted by atomic mass is 16.5. The number of nitrogens with one attached hydrogen (secondary N) is 1. The van der Waals surface area contributed by atoms with E-state index in [1.54, 1.807) is 6.08 Å². The van der Waals surface area contributed by atoms with E-state index in [9.17, 15) is 0 Å². The molecular weight excluding hydrogens is 104 g/mol. The zero-order valence-electron chi connectivity index (χ0n) is 4.46. The first-order valence-electron chi connectivity index (χ1n) is 2.50. The van der Waals surface area contributed by atoms with E-state index >= 15 is 0 Å². The van der Waals surface area contributed by atoms with Crippen LogP contribution in [0.25, 0.3) is 0 Å². The molecule has 0 aliphatic carbocycles. The monoisotopic (exact) mass is 112 g/mol. The van der Waals surface area contributed by atoms with Gasteiger partial charge in [0.15, 0.2) is 0 Å². The third-order valence-corrected chi connectivity index (χ3v) is 1.06. The van der Waals surface area contributed by atoms with Crippen LogP contribution in [-0.2, 0) is 0 Å². The van der Waals surface area contributed by atoms with Gasteiger partial charge >= 0.3 is 0 Å². The van der Waals surface area contributed by atoms with Crippen molar-refractivity contribution in [2.24, 2.45) is 0 Å². The van der Waals surface area contributed by atoms with E-state index in [2.05, 4.69) is 0 Å². The van der Waals surface area contributed by atoms with Gasteiger partial charge in [0.2, 0.25) is 0 Å². The maximum atomic E-state index is 8.68. The SMILES string of the molecule is N=C1C=CN(O)CC1. The van der Waals surface area contributed by atoms with Crippen molar-refractivity contribution in [2.45, 2.75) is 6.42 Å². The van der Waals surface area contributed by atoms with Gasteiger partial charge in [-0.05, 0) is 6.08 Å². The first-order chi connectivity index (χ1) is 3.79. The predicted molar refractivity (Wildman–Crippen MR) is 30.0 cm³/mol. The third kappa shape index (κ3) is 1.07. The first kappa shape index (κ1) is 5.31. The lowest BCUT2D eigenvalue weighted by molar-refractivity contribution is -0.0396. The van der Waals surface area contributed by atoms with Gasteiger partial charge in [-0.25, -0.2) is 0 Å². The van der Waals surface area contributed by atoms with Gasteiger partial charge in [-0.15, -0.1) is 0 Å². The first-order valence-corrected chi connectivity index (χ1v) is 2.50. The number of nitrogens with zero attached hydrogens (tertiary/aromatic N) is 1. The van der Waals surface area contributed by atoms with Gasteiger partial charge in [0.25, 0.3) is 0 Å². The molecule has 0 aromatic heterocycles. The molecule has 0 spiro atoms. The van der Waals surface area contributed by atoms with Crippen molar-refractivity contribution in [3.8, 4) is 0 Å². The molecule has 3 heteroatoms. The predicted octanol–water partition coefficient (Wildman–Crippen LogP) is 0.615. The summed E-state index contributed by atoms with van der Waals surface area (Å²) in [6.07, 6.45) is 3.72. The largest absolute Gasteiger partial charge is 0.305 e. The minimum atomic E-state index is 0.551. The minimum absolute atomic E-state index is 0.551. The normalized spacial score (nSPS) is 19.6. The van der Waals surface area contributed by atoms with E-state index in [1.807, 2.05) is 0 Å². The second-order valence-corrected chi connectivity index (χ2v) is 1.75. The molecule has 0 atom stereocenters. The van der Waals surface area contributed by atoms with E-state index < -0.39 is 0 Å². The van der Waals surface area contributed by atoms with Crippen LogP contribution in [0.3, 0.4) is 0 Å². The topological polar surface area (TPSA) is 47.3 Å². The van der Waals surface area contributed by atoms with Crippen molar-refractivity contribution in [3.63, 3.8) is 0 Å². The Kier molecular flexibility index (Phi) is 1.30. The Morgan fingerprint density at radius 1 is 1.75 bits per heavy atom. The molecule has 1 heterocycles. The van der Waals surface area contributed by atoms with Gasteiger partial charge in [0.05, 0.1) is 6.54 Å². The third-order valence-electron chi connectivity index (χ3n) is 1.06. The maximum absolute atomic E-state index is 8.68. The lowest BCUT2D eigenvalue weighted by Crippen LogP contribution is -2.20. The average Bonchev–Trinajstić information content (AvgIpc) is 1.77. The molecular formula is C5H8N2O. The Labute approximate surface area is 47.7 Å². The number of allylic oxidation sites excluding steroid dienone is 1. The van der Waals surface area contributed by atoms with E-state index in [0.717, 1.165) is 5.06 Å². The highest BCUT2D eigenvalue weighted by Crippen LogP contribution is 1.97. The number of hydrogen-bond donors (Lipinski definition) is 2. The van der Waals surface area contributed by atoms with Crippen LogP contribution in [0.15, 0.2) is 12.3 Å². The molecule has 0 amide bonds. The summed E-state index contributed by atoms with van der Waals surface area (Å²) in [4.78, 5) is 0. The number of rotatable bonds is 0. The standard InChI is InChI=1S/C5H8N2O/c6-5-1-3-7(8)4-2-5/h1,3,6,8H,2,4H2. The highest BCUT2D eigenvalue weighted by molar-refractivity contribution is 5.92. The summed E-state index contributed by atoms with van der Waals surface area (Å²) in [6, 6.07) is 0. The van der Waals surface area contributed by atoms with Gasteiger partial charge in [0, 0.05) is 18.3 Å². The smallest absolute Gasteiger partial charge is 0.0501 e. The van der Waals surface area contributed by atoms with Gasteiger partial charge in [-0.2, -0.15) is 0 Å². The average molecular weight is 112 g/mol. The molecule has 3 nitrogen and oxygen atoms in total. The van der Waals surface area contributed by atoms with Crippen LogP contribution in [0.2, 0.25) is 0 Å². The summed E-state index contributed by atoms with van der Waals surface area (Å²) in [5, 5.41) is 16.8. The van der Waals surface area contributed by atoms with Crippen LogP contribution in [-0.4, -0.2) is 22.5 Å². The lowest BCUT2D eigenvalue weighted by Gasteiger charge is -2.14. The van der Waals surface area contributed by atoms with Crippen molar-refractivity contribution >= 4 is 5.71 Å². The van der Waals surface area contributed by atoms with Crippen molar-refractivity contribution in [3.05, 3.63) is 12.3 Å². The zero-order valence-corrected chi connectivity index (χ0v) is 4.46. The van der Waals surface area contributed by atoms with E-state index in [4.69, 9.17) is 10.6 Å². The number of hydroxylamine groups is 2. The molecule has 44 valence electrons. The van der Waals surface area contributed by atoms with Crippen molar-refractivity contribution in [2.75, 3.05) is 6.54 Å². The second kappa shape index (κ2) is 1.96. The molecule has 0 aromatic carbocycles. The van der Waals surface area contributed by atoms with E-state index in [0.29, 0.717) is 18.7 Å². The fourth-order valence-electron chi connectivity index (χ4n) is 0.569. The van der Waals surface area contributed by atoms with Crippen molar-refractivity contribution in [1.82, 2.24) is 5.06 Å². The summed E-state index contributed by atoms with van der Waals surface area (Å²) in [5.41, 5.74) is 0.579. The van der Waals surface area contributed by atoms with Gasteiger partial charge in [-0.3, -0.25) is 10.3 Å². The number of hydrogen-bond acceptors (Lipinski definition) is 3. The van der Waals surface area contributed by atoms with Gasteiger partial charge in [0.1, 0.15) is 0 Å². The highest BCUT2D eigenvalue weighted by Gasteiger charge is 2.01. The molecule has 0 unspecified atom stereocenters. The molecule has 0 bridgehead atoms. The molecule has 8 heavy (non-hydrogen) atoms. The van der Waals surface area contributed by atoms with E-state index in [1.165, 1.54) is 6.20 Å². The molecule has 1 aliphatic heterocycles. The molecule has 0 aromatic rings. The lowest BCUT2D eigenvalue weighted by atomic mass is 10.2. The zero-order chi connectivity index (χ0) is 5.98. The molecule has 0 fully saturated rings. The second-order valence-electron chi connectivity index (χ2n) is 1.75. The summed E-state index contributed by atoms with van der Waals surface area (Å²) < 4.78 is 0. The summed E-state index contributed by atoms with van der Waals surface area (Å²) in [5.74, 6) is 0. The van der Waals surface area contributed by atoms with Gasteiger partial charge < -0.3 is 5.41 Å². The Morgan fingerprint density at radius 3 is 2.88 bits per heavy atom. The quantitative estimate of drug-likeness (QED) is 0.482. The fourth-order valence-corrected chi connectivity index (χ4v) is 0.569. The summed E-state index contributed by atoms with van der Waals surface area (Å²) in [6.45, 7) is 0.551. The van der Waals surface area contributed by atoms with Crippen LogP contribution < -0.4 is 0 Å². The van der Waals surface area contributed by atoms with Crippen LogP contribution in [0, 0.1) is 5.41 Å². The Hall–Kier alpha value is -0.830. The molecule has 0 saturated heterocycles. The van der Waals surface area contributed by atoms with Crippen LogP contribution >= 0.6 is 0 Å². The molecule has 1 aliphatic rings. The summed E-state index contributed by atoms with van der Waals surface area (Å²) >= 11 is 0. The fraction of sp³-hybridized carbons (Fsp3) is 0.400. The molecule has 0 radical (unpaired) electrons. The molecule has 1 rings (SSSR count). The van der Waals surface area contributed by atoms with Crippen molar-refractivity contribution in [1.29, 1.82) is 5.41 Å². The Balaban J connectivity index is 2.55. The Bertz CT molecular complexity index is 130. The summed E-state index contributed by atoms with van der Waals surface area (Å²) in [7, 11) is 0. The molecule has 0 saturated carbocycles. The van der Waals surface area contributed by atoms with Crippen LogP contribution in [0.1, 0.15) is 6.42 Å².